The molecule has 2 aromatic carbocycles. The Morgan fingerprint density at radius 1 is 0.952 bits per heavy atom. The maximum Gasteiger partial charge on any atom is 0.328 e. The predicted molar refractivity (Wildman–Crippen MR) is 152 cm³/mol. The van der Waals surface area contributed by atoms with Crippen molar-refractivity contribution in [1.29, 1.82) is 0 Å². The molecule has 15 heteroatoms. The first-order chi connectivity index (χ1) is 19.9. The van der Waals surface area contributed by atoms with Crippen LogP contribution in [0.5, 0.6) is 0 Å². The first kappa shape index (κ1) is 31.6. The number of amides is 2. The van der Waals surface area contributed by atoms with E-state index in [1.54, 1.807) is 26.8 Å². The van der Waals surface area contributed by atoms with Crippen molar-refractivity contribution in [1.82, 2.24) is 15.3 Å². The molecule has 3 rings (SSSR count). The van der Waals surface area contributed by atoms with Gasteiger partial charge in [-0.1, -0.05) is 12.1 Å². The molecule has 0 radical (unpaired) electrons. The van der Waals surface area contributed by atoms with Gasteiger partial charge in [-0.2, -0.15) is 0 Å². The van der Waals surface area contributed by atoms with E-state index in [9.17, 15) is 32.9 Å². The molecule has 0 aliphatic rings. The Balaban J connectivity index is 1.54. The zero-order valence-electron chi connectivity index (χ0n) is 23.1. The van der Waals surface area contributed by atoms with E-state index >= 15 is 0 Å². The summed E-state index contributed by atoms with van der Waals surface area (Å²) in [4.78, 5) is 55.7. The van der Waals surface area contributed by atoms with Gasteiger partial charge in [-0.15, -0.1) is 0 Å². The number of esters is 1. The molecule has 0 bridgehead atoms. The van der Waals surface area contributed by atoms with Crippen molar-refractivity contribution in [3.05, 3.63) is 81.7 Å². The topological polar surface area (TPSA) is 200 Å². The van der Waals surface area contributed by atoms with Gasteiger partial charge in [0.2, 0.25) is 17.8 Å². The van der Waals surface area contributed by atoms with Gasteiger partial charge in [0.1, 0.15) is 6.04 Å². The molecular weight excluding hydrogens is 568 g/mol. The number of ether oxygens (including phenoxy) is 1. The average molecular weight is 599 g/mol. The molecule has 0 spiro atoms. The van der Waals surface area contributed by atoms with E-state index in [1.165, 1.54) is 48.5 Å². The normalized spacial score (nSPS) is 11.7. The van der Waals surface area contributed by atoms with Crippen molar-refractivity contribution >= 4 is 45.1 Å². The number of aryl methyl sites for hydroxylation is 2. The molecule has 42 heavy (non-hydrogen) atoms. The van der Waals surface area contributed by atoms with E-state index in [4.69, 9.17) is 4.74 Å². The number of sulfonamides is 1. The van der Waals surface area contributed by atoms with Gasteiger partial charge in [0.15, 0.2) is 0 Å². The van der Waals surface area contributed by atoms with Crippen LogP contribution in [-0.2, 0) is 35.6 Å². The lowest BCUT2D eigenvalue weighted by atomic mass is 10.1. The van der Waals surface area contributed by atoms with Crippen molar-refractivity contribution in [2.75, 3.05) is 16.6 Å². The third kappa shape index (κ3) is 9.33. The summed E-state index contributed by atoms with van der Waals surface area (Å²) in [6.45, 7) is 5.14. The van der Waals surface area contributed by atoms with Gasteiger partial charge < -0.3 is 15.4 Å². The molecule has 0 fully saturated rings. The predicted octanol–water partition coefficient (Wildman–Crippen LogP) is 2.81. The number of aromatic nitrogens is 2. The number of anilines is 2. The van der Waals surface area contributed by atoms with E-state index in [0.717, 1.165) is 0 Å². The number of carbonyl (C=O) groups excluding carboxylic acids is 3. The Morgan fingerprint density at radius 3 is 2.12 bits per heavy atom. The SMILES string of the molecule is CCOC(=O)[C@@H](Cc1ccc([N+](=O)[O-])cc1)NC(=O)CCC(=O)Nc1ccc(S(=O)(=O)Nc2nc(C)cc(C)n2)cc1. The van der Waals surface area contributed by atoms with Crippen molar-refractivity contribution in [2.24, 2.45) is 0 Å². The summed E-state index contributed by atoms with van der Waals surface area (Å²) in [7, 11) is -3.97. The van der Waals surface area contributed by atoms with Crippen LogP contribution in [0, 0.1) is 24.0 Å². The minimum Gasteiger partial charge on any atom is -0.464 e. The smallest absolute Gasteiger partial charge is 0.328 e. The number of hydrogen-bond donors (Lipinski definition) is 3. The number of hydrogen-bond acceptors (Lipinski definition) is 10. The van der Waals surface area contributed by atoms with Crippen LogP contribution in [0.25, 0.3) is 0 Å². The standard InChI is InChI=1S/C27H30N6O8S/c1-4-41-26(36)23(16-19-5-9-21(10-6-19)33(37)38)31-25(35)14-13-24(34)30-20-7-11-22(12-8-20)42(39,40)32-27-28-17(2)15-18(3)29-27/h5-12,15,23H,4,13-14,16H2,1-3H3,(H,30,34)(H,31,35)(H,28,29,32)/t23-/m1/s1. The van der Waals surface area contributed by atoms with E-state index in [2.05, 4.69) is 25.3 Å². The summed E-state index contributed by atoms with van der Waals surface area (Å²) >= 11 is 0. The second-order valence-corrected chi connectivity index (χ2v) is 10.8. The fourth-order valence-corrected chi connectivity index (χ4v) is 4.75. The third-order valence-electron chi connectivity index (χ3n) is 5.73. The fourth-order valence-electron chi connectivity index (χ4n) is 3.81. The van der Waals surface area contributed by atoms with E-state index in [1.807, 2.05) is 0 Å². The van der Waals surface area contributed by atoms with Crippen molar-refractivity contribution in [3.8, 4) is 0 Å². The summed E-state index contributed by atoms with van der Waals surface area (Å²) < 4.78 is 32.7. The monoisotopic (exact) mass is 598 g/mol. The van der Waals surface area contributed by atoms with Crippen LogP contribution < -0.4 is 15.4 Å². The highest BCUT2D eigenvalue weighted by atomic mass is 32.2. The van der Waals surface area contributed by atoms with Gasteiger partial charge in [0.05, 0.1) is 16.4 Å². The minimum atomic E-state index is -3.97. The van der Waals surface area contributed by atoms with E-state index in [-0.39, 0.29) is 42.4 Å². The van der Waals surface area contributed by atoms with Crippen LogP contribution in [0.4, 0.5) is 17.3 Å². The molecule has 14 nitrogen and oxygen atoms in total. The highest BCUT2D eigenvalue weighted by molar-refractivity contribution is 7.92. The third-order valence-corrected chi connectivity index (χ3v) is 7.07. The minimum absolute atomic E-state index is 0.0362. The van der Waals surface area contributed by atoms with Gasteiger partial charge in [0, 0.05) is 48.5 Å². The molecule has 0 aliphatic carbocycles. The molecular formula is C27H30N6O8S. The first-order valence-corrected chi connectivity index (χ1v) is 14.3. The van der Waals surface area contributed by atoms with Gasteiger partial charge in [-0.05, 0) is 56.7 Å². The quantitative estimate of drug-likeness (QED) is 0.149. The Morgan fingerprint density at radius 2 is 1.55 bits per heavy atom. The number of nitrogens with zero attached hydrogens (tertiary/aromatic N) is 3. The zero-order valence-corrected chi connectivity index (χ0v) is 23.9. The van der Waals surface area contributed by atoms with Crippen LogP contribution in [0.3, 0.4) is 0 Å². The fraction of sp³-hybridized carbons (Fsp3) is 0.296. The van der Waals surface area contributed by atoms with E-state index < -0.39 is 38.8 Å². The molecule has 222 valence electrons. The van der Waals surface area contributed by atoms with Crippen LogP contribution >= 0.6 is 0 Å². The summed E-state index contributed by atoms with van der Waals surface area (Å²) in [6, 6.07) is 11.6. The molecule has 3 N–H and O–H groups in total. The largest absolute Gasteiger partial charge is 0.464 e. The van der Waals surface area contributed by atoms with Gasteiger partial charge in [-0.3, -0.25) is 19.7 Å². The first-order valence-electron chi connectivity index (χ1n) is 12.8. The molecule has 1 atom stereocenters. The van der Waals surface area contributed by atoms with Crippen LogP contribution in [0.2, 0.25) is 0 Å². The number of carbonyl (C=O) groups is 3. The maximum atomic E-state index is 12.7. The maximum absolute atomic E-state index is 12.7. The molecule has 1 heterocycles. The molecule has 1 aromatic heterocycles. The number of nitro groups is 1. The van der Waals surface area contributed by atoms with Crippen LogP contribution in [0.15, 0.2) is 59.5 Å². The van der Waals surface area contributed by atoms with Crippen molar-refractivity contribution < 1.29 is 32.5 Å². The van der Waals surface area contributed by atoms with Crippen molar-refractivity contribution in [3.63, 3.8) is 0 Å². The summed E-state index contributed by atoms with van der Waals surface area (Å²) in [6.07, 6.45) is -0.423. The molecule has 0 unspecified atom stereocenters. The van der Waals surface area contributed by atoms with Gasteiger partial charge in [-0.25, -0.2) is 27.9 Å². The lowest BCUT2D eigenvalue weighted by Gasteiger charge is -2.17. The average Bonchev–Trinajstić information content (AvgIpc) is 2.91. The summed E-state index contributed by atoms with van der Waals surface area (Å²) in [5, 5.41) is 16.0. The second-order valence-electron chi connectivity index (χ2n) is 9.15. The Kier molecular flexibility index (Phi) is 10.6. The molecule has 0 saturated heterocycles. The number of nitrogens with one attached hydrogen (secondary N) is 3. The Hall–Kier alpha value is -4.92. The lowest BCUT2D eigenvalue weighted by molar-refractivity contribution is -0.384. The molecule has 3 aromatic rings. The zero-order chi connectivity index (χ0) is 30.9. The van der Waals surface area contributed by atoms with Crippen molar-refractivity contribution in [2.45, 2.75) is 51.0 Å². The van der Waals surface area contributed by atoms with Gasteiger partial charge in [0.25, 0.3) is 15.7 Å². The molecule has 2 amide bonds. The molecule has 0 aliphatic heterocycles. The summed E-state index contributed by atoms with van der Waals surface area (Å²) in [5.74, 6) is -1.82. The van der Waals surface area contributed by atoms with Crippen LogP contribution in [0.1, 0.15) is 36.7 Å². The van der Waals surface area contributed by atoms with Gasteiger partial charge >= 0.3 is 5.97 Å². The molecule has 0 saturated carbocycles. The Labute approximate surface area is 242 Å². The number of rotatable bonds is 13. The summed E-state index contributed by atoms with van der Waals surface area (Å²) in [5.41, 5.74) is 1.98. The number of nitro benzene ring substituents is 1. The highest BCUT2D eigenvalue weighted by Gasteiger charge is 2.23. The number of non-ortho nitro benzene ring substituents is 1. The van der Waals surface area contributed by atoms with E-state index in [0.29, 0.717) is 22.6 Å². The highest BCUT2D eigenvalue weighted by Crippen LogP contribution is 2.18. The second kappa shape index (κ2) is 14.1. The Bertz CT molecular complexity index is 1540. The number of benzene rings is 2. The van der Waals surface area contributed by atoms with Crippen LogP contribution in [-0.4, -0.2) is 53.7 Å². The lowest BCUT2D eigenvalue weighted by Crippen LogP contribution is -2.43.